The van der Waals surface area contributed by atoms with Gasteiger partial charge in [-0.25, -0.2) is 8.42 Å². The van der Waals surface area contributed by atoms with E-state index in [4.69, 9.17) is 0 Å². The largest absolute Gasteiger partial charge is 0.356 e. The van der Waals surface area contributed by atoms with Crippen molar-refractivity contribution in [1.29, 1.82) is 0 Å². The molecule has 14 heavy (non-hydrogen) atoms. The zero-order valence-electron chi connectivity index (χ0n) is 8.10. The van der Waals surface area contributed by atoms with E-state index in [1.54, 1.807) is 0 Å². The molecule has 1 heterocycles. The van der Waals surface area contributed by atoms with Crippen molar-refractivity contribution < 1.29 is 8.42 Å². The van der Waals surface area contributed by atoms with Gasteiger partial charge in [-0.1, -0.05) is 17.7 Å². The quantitative estimate of drug-likeness (QED) is 0.700. The lowest BCUT2D eigenvalue weighted by atomic mass is 10.2. The highest BCUT2D eigenvalue weighted by molar-refractivity contribution is 7.91. The van der Waals surface area contributed by atoms with Gasteiger partial charge in [-0.05, 0) is 19.1 Å². The Morgan fingerprint density at radius 3 is 2.36 bits per heavy atom. The maximum atomic E-state index is 11.2. The lowest BCUT2D eigenvalue weighted by molar-refractivity contribution is 0.602. The number of hydrogen-bond acceptors (Lipinski definition) is 3. The number of hydrogen-bond donors (Lipinski definition) is 0. The summed E-state index contributed by atoms with van der Waals surface area (Å²) in [6, 6.07) is 7.94. The van der Waals surface area contributed by atoms with Gasteiger partial charge in [0.05, 0.1) is 5.75 Å². The van der Waals surface area contributed by atoms with Gasteiger partial charge in [0.25, 0.3) is 0 Å². The zero-order chi connectivity index (χ0) is 10.2. The molecule has 0 bridgehead atoms. The summed E-state index contributed by atoms with van der Waals surface area (Å²) in [6.07, 6.45) is 0. The van der Waals surface area contributed by atoms with Crippen molar-refractivity contribution in [3.63, 3.8) is 0 Å². The van der Waals surface area contributed by atoms with E-state index < -0.39 is 9.84 Å². The van der Waals surface area contributed by atoms with Gasteiger partial charge in [0, 0.05) is 12.2 Å². The summed E-state index contributed by atoms with van der Waals surface area (Å²) in [5.41, 5.74) is 2.19. The van der Waals surface area contributed by atoms with Crippen LogP contribution in [0.4, 0.5) is 5.69 Å². The highest BCUT2D eigenvalue weighted by Gasteiger charge is 2.25. The number of rotatable bonds is 1. The highest BCUT2D eigenvalue weighted by atomic mass is 32.2. The second-order valence-corrected chi connectivity index (χ2v) is 5.83. The number of anilines is 1. The van der Waals surface area contributed by atoms with Crippen molar-refractivity contribution in [2.75, 3.05) is 23.1 Å². The van der Waals surface area contributed by atoms with Crippen LogP contribution in [0.1, 0.15) is 5.56 Å². The monoisotopic (exact) mass is 211 g/mol. The molecule has 1 saturated heterocycles. The van der Waals surface area contributed by atoms with Crippen LogP contribution in [0.2, 0.25) is 0 Å². The molecule has 0 saturated carbocycles. The molecule has 0 radical (unpaired) electrons. The Kier molecular flexibility index (Phi) is 2.23. The second kappa shape index (κ2) is 3.28. The van der Waals surface area contributed by atoms with Gasteiger partial charge in [-0.2, -0.15) is 0 Å². The summed E-state index contributed by atoms with van der Waals surface area (Å²) in [4.78, 5) is 1.90. The predicted molar refractivity (Wildman–Crippen MR) is 57.2 cm³/mol. The molecule has 1 aliphatic rings. The molecule has 1 aromatic rings. The summed E-state index contributed by atoms with van der Waals surface area (Å²) in [6.45, 7) is 2.63. The molecule has 0 aliphatic carbocycles. The average Bonchev–Trinajstić information content (AvgIpc) is 2.47. The van der Waals surface area contributed by atoms with Crippen molar-refractivity contribution in [1.82, 2.24) is 0 Å². The van der Waals surface area contributed by atoms with E-state index in [1.165, 1.54) is 5.56 Å². The van der Waals surface area contributed by atoms with Crippen molar-refractivity contribution in [2.45, 2.75) is 6.92 Å². The summed E-state index contributed by atoms with van der Waals surface area (Å²) in [7, 11) is -2.83. The van der Waals surface area contributed by atoms with E-state index >= 15 is 0 Å². The third-order valence-electron chi connectivity index (χ3n) is 2.42. The number of aryl methyl sites for hydroxylation is 1. The first-order valence-corrected chi connectivity index (χ1v) is 6.41. The Morgan fingerprint density at radius 1 is 1.21 bits per heavy atom. The Morgan fingerprint density at radius 2 is 1.86 bits per heavy atom. The van der Waals surface area contributed by atoms with E-state index in [-0.39, 0.29) is 11.6 Å². The lowest BCUT2D eigenvalue weighted by Crippen LogP contribution is -2.19. The molecule has 1 aromatic carbocycles. The van der Waals surface area contributed by atoms with Gasteiger partial charge in [0.1, 0.15) is 5.88 Å². The molecule has 1 aliphatic heterocycles. The molecule has 2 rings (SSSR count). The summed E-state index contributed by atoms with van der Waals surface area (Å²) in [5, 5.41) is 0. The van der Waals surface area contributed by atoms with Gasteiger partial charge < -0.3 is 4.90 Å². The fourth-order valence-corrected chi connectivity index (χ4v) is 2.96. The van der Waals surface area contributed by atoms with Crippen LogP contribution in [-0.4, -0.2) is 26.6 Å². The van der Waals surface area contributed by atoms with Crippen LogP contribution in [0.3, 0.4) is 0 Å². The van der Waals surface area contributed by atoms with Crippen molar-refractivity contribution in [3.8, 4) is 0 Å². The summed E-state index contributed by atoms with van der Waals surface area (Å²) in [5.74, 6) is 0.441. The molecule has 0 amide bonds. The van der Waals surface area contributed by atoms with E-state index in [1.807, 2.05) is 36.1 Å². The highest BCUT2D eigenvalue weighted by Crippen LogP contribution is 2.19. The normalized spacial score (nSPS) is 19.9. The van der Waals surface area contributed by atoms with Crippen LogP contribution in [-0.2, 0) is 9.84 Å². The predicted octanol–water partition coefficient (Wildman–Crippen LogP) is 1.19. The van der Waals surface area contributed by atoms with Gasteiger partial charge in [0.15, 0.2) is 9.84 Å². The van der Waals surface area contributed by atoms with Crippen LogP contribution in [0, 0.1) is 6.92 Å². The molecule has 0 N–H and O–H groups in total. The second-order valence-electron chi connectivity index (χ2n) is 3.68. The number of nitrogens with zero attached hydrogens (tertiary/aromatic N) is 1. The summed E-state index contributed by atoms with van der Waals surface area (Å²) >= 11 is 0. The third-order valence-corrected chi connectivity index (χ3v) is 3.93. The maximum Gasteiger partial charge on any atom is 0.170 e. The van der Waals surface area contributed by atoms with Crippen LogP contribution >= 0.6 is 0 Å². The number of sulfone groups is 1. The van der Waals surface area contributed by atoms with Crippen molar-refractivity contribution in [2.24, 2.45) is 0 Å². The lowest BCUT2D eigenvalue weighted by Gasteiger charge is -2.15. The smallest absolute Gasteiger partial charge is 0.170 e. The first-order chi connectivity index (χ1) is 6.57. The fraction of sp³-hybridized carbons (Fsp3) is 0.400. The molecule has 0 atom stereocenters. The molecular weight excluding hydrogens is 198 g/mol. The van der Waals surface area contributed by atoms with Gasteiger partial charge >= 0.3 is 0 Å². The molecule has 4 heteroatoms. The van der Waals surface area contributed by atoms with Crippen LogP contribution in [0.15, 0.2) is 24.3 Å². The van der Waals surface area contributed by atoms with E-state index in [0.29, 0.717) is 6.54 Å². The zero-order valence-corrected chi connectivity index (χ0v) is 8.92. The SMILES string of the molecule is Cc1ccc(N2CCS(=O)(=O)C2)cc1. The van der Waals surface area contributed by atoms with Crippen LogP contribution < -0.4 is 4.90 Å². The van der Waals surface area contributed by atoms with Gasteiger partial charge in [-0.15, -0.1) is 0 Å². The fourth-order valence-electron chi connectivity index (χ4n) is 1.58. The Labute approximate surface area is 84.3 Å². The van der Waals surface area contributed by atoms with Gasteiger partial charge in [0.2, 0.25) is 0 Å². The van der Waals surface area contributed by atoms with Crippen molar-refractivity contribution in [3.05, 3.63) is 29.8 Å². The van der Waals surface area contributed by atoms with Crippen molar-refractivity contribution >= 4 is 15.5 Å². The standard InChI is InChI=1S/C10H13NO2S/c1-9-2-4-10(5-3-9)11-6-7-14(12,13)8-11/h2-5H,6-8H2,1H3. The third kappa shape index (κ3) is 1.90. The molecular formula is C10H13NO2S. The van der Waals surface area contributed by atoms with Crippen LogP contribution in [0.5, 0.6) is 0 Å². The van der Waals surface area contributed by atoms with E-state index in [2.05, 4.69) is 0 Å². The molecule has 0 spiro atoms. The van der Waals surface area contributed by atoms with E-state index in [0.717, 1.165) is 5.69 Å². The molecule has 76 valence electrons. The Hall–Kier alpha value is -1.03. The summed E-state index contributed by atoms with van der Waals surface area (Å²) < 4.78 is 22.5. The van der Waals surface area contributed by atoms with Crippen LogP contribution in [0.25, 0.3) is 0 Å². The molecule has 0 aromatic heterocycles. The first-order valence-electron chi connectivity index (χ1n) is 4.59. The molecule has 1 fully saturated rings. The minimum absolute atomic E-state index is 0.163. The van der Waals surface area contributed by atoms with Gasteiger partial charge in [-0.3, -0.25) is 0 Å². The maximum absolute atomic E-state index is 11.2. The topological polar surface area (TPSA) is 37.4 Å². The average molecular weight is 211 g/mol. The number of benzene rings is 1. The minimum Gasteiger partial charge on any atom is -0.356 e. The minimum atomic E-state index is -2.83. The van der Waals surface area contributed by atoms with E-state index in [9.17, 15) is 8.42 Å². The Balaban J connectivity index is 2.22. The Bertz CT molecular complexity index is 422. The molecule has 3 nitrogen and oxygen atoms in total. The molecule has 0 unspecified atom stereocenters. The first kappa shape index (κ1) is 9.52.